The van der Waals surface area contributed by atoms with Crippen molar-refractivity contribution in [2.45, 2.75) is 44.2 Å². The van der Waals surface area contributed by atoms with Crippen LogP contribution in [0.3, 0.4) is 0 Å². The van der Waals surface area contributed by atoms with E-state index in [0.29, 0.717) is 13.0 Å². The second-order valence-electron chi connectivity index (χ2n) is 7.56. The van der Waals surface area contributed by atoms with Crippen molar-refractivity contribution in [1.29, 1.82) is 0 Å². The SMILES string of the molecule is OC[C@@]1(O)CCN(Cc2ccccc2OCCCN2CCCCC2)C1. The molecule has 0 spiro atoms. The molecule has 0 aromatic heterocycles. The average molecular weight is 348 g/mol. The fourth-order valence-corrected chi connectivity index (χ4v) is 3.87. The molecule has 25 heavy (non-hydrogen) atoms. The van der Waals surface area contributed by atoms with Gasteiger partial charge in [-0.3, -0.25) is 4.90 Å². The quantitative estimate of drug-likeness (QED) is 0.703. The number of ether oxygens (including phenoxy) is 1. The third-order valence-corrected chi connectivity index (χ3v) is 5.40. The topological polar surface area (TPSA) is 56.2 Å². The molecule has 2 aliphatic heterocycles. The Morgan fingerprint density at radius 1 is 1.04 bits per heavy atom. The maximum atomic E-state index is 10.2. The highest BCUT2D eigenvalue weighted by Crippen LogP contribution is 2.26. The minimum Gasteiger partial charge on any atom is -0.493 e. The molecule has 1 aromatic carbocycles. The summed E-state index contributed by atoms with van der Waals surface area (Å²) in [6, 6.07) is 8.17. The second-order valence-corrected chi connectivity index (χ2v) is 7.56. The highest BCUT2D eigenvalue weighted by atomic mass is 16.5. The van der Waals surface area contributed by atoms with E-state index < -0.39 is 5.60 Å². The Morgan fingerprint density at radius 3 is 2.60 bits per heavy atom. The molecule has 0 aliphatic carbocycles. The molecule has 2 N–H and O–H groups in total. The minimum absolute atomic E-state index is 0.169. The summed E-state index contributed by atoms with van der Waals surface area (Å²) in [6.07, 6.45) is 5.73. The van der Waals surface area contributed by atoms with E-state index in [9.17, 15) is 10.2 Å². The van der Waals surface area contributed by atoms with E-state index in [1.165, 1.54) is 32.4 Å². The number of aliphatic hydroxyl groups excluding tert-OH is 1. The summed E-state index contributed by atoms with van der Waals surface area (Å²) >= 11 is 0. The van der Waals surface area contributed by atoms with Gasteiger partial charge in [0.1, 0.15) is 11.4 Å². The van der Waals surface area contributed by atoms with Crippen molar-refractivity contribution in [3.63, 3.8) is 0 Å². The molecule has 140 valence electrons. The molecule has 5 heteroatoms. The van der Waals surface area contributed by atoms with Gasteiger partial charge in [-0.25, -0.2) is 0 Å². The van der Waals surface area contributed by atoms with Gasteiger partial charge in [-0.2, -0.15) is 0 Å². The Labute approximate surface area is 151 Å². The van der Waals surface area contributed by atoms with Crippen LogP contribution in [-0.4, -0.2) is 71.6 Å². The molecule has 1 aromatic rings. The summed E-state index contributed by atoms with van der Waals surface area (Å²) in [5.74, 6) is 0.945. The number of para-hydroxylation sites is 1. The van der Waals surface area contributed by atoms with E-state index in [4.69, 9.17) is 4.74 Å². The van der Waals surface area contributed by atoms with Crippen molar-refractivity contribution < 1.29 is 14.9 Å². The van der Waals surface area contributed by atoms with Crippen LogP contribution in [0.15, 0.2) is 24.3 Å². The summed E-state index contributed by atoms with van der Waals surface area (Å²) in [5, 5.41) is 19.5. The number of hydrogen-bond acceptors (Lipinski definition) is 5. The van der Waals surface area contributed by atoms with Gasteiger partial charge in [-0.1, -0.05) is 24.6 Å². The van der Waals surface area contributed by atoms with Gasteiger partial charge in [0.25, 0.3) is 0 Å². The van der Waals surface area contributed by atoms with Gasteiger partial charge in [0.2, 0.25) is 0 Å². The molecule has 2 fully saturated rings. The molecule has 0 unspecified atom stereocenters. The largest absolute Gasteiger partial charge is 0.493 e. The lowest BCUT2D eigenvalue weighted by Gasteiger charge is -2.26. The smallest absolute Gasteiger partial charge is 0.123 e. The molecule has 3 rings (SSSR count). The normalized spacial score (nSPS) is 25.4. The van der Waals surface area contributed by atoms with Gasteiger partial charge >= 0.3 is 0 Å². The van der Waals surface area contributed by atoms with E-state index in [1.807, 2.05) is 18.2 Å². The van der Waals surface area contributed by atoms with Gasteiger partial charge in [-0.05, 0) is 44.8 Å². The van der Waals surface area contributed by atoms with Crippen molar-refractivity contribution in [2.24, 2.45) is 0 Å². The molecule has 0 amide bonds. The number of piperidine rings is 1. The predicted octanol–water partition coefficient (Wildman–Crippen LogP) is 1.87. The number of benzene rings is 1. The van der Waals surface area contributed by atoms with Crippen LogP contribution in [-0.2, 0) is 6.54 Å². The first-order chi connectivity index (χ1) is 12.2. The zero-order chi connectivity index (χ0) is 17.5. The summed E-state index contributed by atoms with van der Waals surface area (Å²) in [5.41, 5.74) is 0.215. The Bertz CT molecular complexity index is 533. The van der Waals surface area contributed by atoms with E-state index in [2.05, 4.69) is 15.9 Å². The van der Waals surface area contributed by atoms with Crippen molar-refractivity contribution in [3.05, 3.63) is 29.8 Å². The molecular formula is C20H32N2O3. The Kier molecular flexibility index (Phi) is 6.70. The zero-order valence-corrected chi connectivity index (χ0v) is 15.2. The lowest BCUT2D eigenvalue weighted by molar-refractivity contribution is -0.00585. The van der Waals surface area contributed by atoms with E-state index >= 15 is 0 Å². The van der Waals surface area contributed by atoms with Crippen molar-refractivity contribution in [3.8, 4) is 5.75 Å². The van der Waals surface area contributed by atoms with E-state index in [-0.39, 0.29) is 6.61 Å². The molecule has 1 atom stereocenters. The average Bonchev–Trinajstić information content (AvgIpc) is 3.02. The highest BCUT2D eigenvalue weighted by molar-refractivity contribution is 5.33. The molecule has 0 saturated carbocycles. The molecule has 2 heterocycles. The number of aliphatic hydroxyl groups is 2. The molecule has 5 nitrogen and oxygen atoms in total. The van der Waals surface area contributed by atoms with E-state index in [1.54, 1.807) is 0 Å². The van der Waals surface area contributed by atoms with Crippen LogP contribution in [0.5, 0.6) is 5.75 Å². The van der Waals surface area contributed by atoms with Crippen LogP contribution in [0.4, 0.5) is 0 Å². The molecule has 0 bridgehead atoms. The highest BCUT2D eigenvalue weighted by Gasteiger charge is 2.35. The summed E-state index contributed by atoms with van der Waals surface area (Å²) < 4.78 is 6.05. The summed E-state index contributed by atoms with van der Waals surface area (Å²) in [7, 11) is 0. The standard InChI is InChI=1S/C20H32N2O3/c23-17-20(24)9-13-22(16-20)15-18-7-2-3-8-19(18)25-14-6-12-21-10-4-1-5-11-21/h2-3,7-8,23-24H,1,4-6,9-17H2/t20-/m1/s1. The molecular weight excluding hydrogens is 316 g/mol. The fraction of sp³-hybridized carbons (Fsp3) is 0.700. The lowest BCUT2D eigenvalue weighted by atomic mass is 10.1. The van der Waals surface area contributed by atoms with E-state index in [0.717, 1.165) is 44.0 Å². The molecule has 2 aliphatic rings. The Hall–Kier alpha value is -1.14. The fourth-order valence-electron chi connectivity index (χ4n) is 3.87. The predicted molar refractivity (Wildman–Crippen MR) is 98.8 cm³/mol. The number of hydrogen-bond donors (Lipinski definition) is 2. The second kappa shape index (κ2) is 8.99. The zero-order valence-electron chi connectivity index (χ0n) is 15.2. The van der Waals surface area contributed by atoms with Gasteiger partial charge in [-0.15, -0.1) is 0 Å². The monoisotopic (exact) mass is 348 g/mol. The number of rotatable bonds is 8. The first-order valence-electron chi connectivity index (χ1n) is 9.67. The minimum atomic E-state index is -0.940. The number of nitrogens with zero attached hydrogens (tertiary/aromatic N) is 2. The van der Waals surface area contributed by atoms with Crippen LogP contribution in [0, 0.1) is 0 Å². The van der Waals surface area contributed by atoms with Gasteiger partial charge in [0.05, 0.1) is 13.2 Å². The van der Waals surface area contributed by atoms with Crippen molar-refractivity contribution in [1.82, 2.24) is 9.80 Å². The van der Waals surface area contributed by atoms with Crippen LogP contribution in [0.2, 0.25) is 0 Å². The van der Waals surface area contributed by atoms with Crippen LogP contribution >= 0.6 is 0 Å². The number of β-amino-alcohol motifs (C(OH)–C–C–N with tert-alkyl or cyclic N) is 1. The van der Waals surface area contributed by atoms with Gasteiger partial charge in [0, 0.05) is 31.7 Å². The maximum absolute atomic E-state index is 10.2. The first-order valence-corrected chi connectivity index (χ1v) is 9.67. The van der Waals surface area contributed by atoms with Gasteiger partial charge in [0.15, 0.2) is 0 Å². The van der Waals surface area contributed by atoms with Gasteiger partial charge < -0.3 is 19.8 Å². The Morgan fingerprint density at radius 2 is 1.84 bits per heavy atom. The van der Waals surface area contributed by atoms with Crippen LogP contribution in [0.25, 0.3) is 0 Å². The molecule has 0 radical (unpaired) electrons. The van der Waals surface area contributed by atoms with Crippen LogP contribution < -0.4 is 4.74 Å². The lowest BCUT2D eigenvalue weighted by Crippen LogP contribution is -2.36. The Balaban J connectivity index is 1.46. The third kappa shape index (κ3) is 5.42. The maximum Gasteiger partial charge on any atom is 0.123 e. The first kappa shape index (κ1) is 18.6. The van der Waals surface area contributed by atoms with Crippen molar-refractivity contribution in [2.75, 3.05) is 45.9 Å². The number of likely N-dealkylation sites (tertiary alicyclic amines) is 2. The van der Waals surface area contributed by atoms with Crippen LogP contribution in [0.1, 0.15) is 37.7 Å². The van der Waals surface area contributed by atoms with Crippen molar-refractivity contribution >= 4 is 0 Å². The summed E-state index contributed by atoms with van der Waals surface area (Å²) in [6.45, 7) is 6.25. The summed E-state index contributed by atoms with van der Waals surface area (Å²) in [4.78, 5) is 4.73. The molecule has 2 saturated heterocycles. The third-order valence-electron chi connectivity index (χ3n) is 5.40.